The summed E-state index contributed by atoms with van der Waals surface area (Å²) in [4.78, 5) is 37.3. The number of fused-ring (bicyclic) bond motifs is 1. The Morgan fingerprint density at radius 3 is 2.53 bits per heavy atom. The first-order valence-electron chi connectivity index (χ1n) is 16.8. The molecule has 9 heteroatoms. The van der Waals surface area contributed by atoms with Crippen LogP contribution in [-0.4, -0.2) is 91.6 Å². The predicted octanol–water partition coefficient (Wildman–Crippen LogP) is 5.12. The average Bonchev–Trinajstić information content (AvgIpc) is 3.29. The number of carbonyl (C=O) groups is 2. The number of hydrogen-bond acceptors (Lipinski definition) is 5. The molecule has 0 radical (unpaired) electrons. The van der Waals surface area contributed by atoms with Gasteiger partial charge in [-0.05, 0) is 120 Å². The summed E-state index contributed by atoms with van der Waals surface area (Å²) >= 11 is 0. The van der Waals surface area contributed by atoms with Crippen LogP contribution in [0, 0.1) is 24.6 Å². The van der Waals surface area contributed by atoms with Crippen molar-refractivity contribution in [1.29, 1.82) is 0 Å². The number of aryl methyl sites for hydroxylation is 1. The standard InChI is InChI=1S/C36H46FN5O3/c1-24-19-38-20-31-32(24)27(17-26-7-14-39(22-26)21-25-8-15-40(16-9-25)34(44)35(2,3)45)23-41(31)30-6-5-28(37)18-29(30)33(43)42-13-4-10-36(42)11-12-36/h5-6,18-20,23,25-26,45H,4,7-17,21-22H2,1-3H3/t26-/m0/s1. The number of carbonyl (C=O) groups excluding carboxylic acids is 2. The molecule has 1 aliphatic carbocycles. The molecule has 1 N–H and O–H groups in total. The Kier molecular flexibility index (Phi) is 7.76. The summed E-state index contributed by atoms with van der Waals surface area (Å²) in [5, 5.41) is 11.3. The Hall–Kier alpha value is -3.30. The maximum Gasteiger partial charge on any atom is 0.256 e. The maximum absolute atomic E-state index is 14.7. The van der Waals surface area contributed by atoms with Crippen LogP contribution in [0.3, 0.4) is 0 Å². The van der Waals surface area contributed by atoms with Crippen LogP contribution in [0.1, 0.15) is 80.3 Å². The zero-order valence-corrected chi connectivity index (χ0v) is 26.9. The fourth-order valence-electron chi connectivity index (χ4n) is 8.38. The van der Waals surface area contributed by atoms with Crippen molar-refractivity contribution in [2.24, 2.45) is 11.8 Å². The van der Waals surface area contributed by atoms with E-state index in [2.05, 4.69) is 27.6 Å². The number of aromatic nitrogens is 2. The SMILES string of the molecule is Cc1cncc2c1c(C[C@@H]1CCN(CC3CCN(C(=O)C(C)(C)O)CC3)C1)cn2-c1ccc(F)cc1C(=O)N1CCCC12CC2. The van der Waals surface area contributed by atoms with Gasteiger partial charge in [0, 0.05) is 56.0 Å². The van der Waals surface area contributed by atoms with Crippen molar-refractivity contribution in [3.63, 3.8) is 0 Å². The average molecular weight is 616 g/mol. The Morgan fingerprint density at radius 2 is 1.80 bits per heavy atom. The van der Waals surface area contributed by atoms with Crippen LogP contribution in [0.15, 0.2) is 36.8 Å². The summed E-state index contributed by atoms with van der Waals surface area (Å²) in [6, 6.07) is 4.62. The van der Waals surface area contributed by atoms with Gasteiger partial charge < -0.3 is 24.4 Å². The fourth-order valence-corrected chi connectivity index (χ4v) is 8.38. The minimum Gasteiger partial charge on any atom is -0.381 e. The second-order valence-corrected chi connectivity index (χ2v) is 14.7. The van der Waals surface area contributed by atoms with E-state index >= 15 is 0 Å². The molecule has 1 saturated carbocycles. The summed E-state index contributed by atoms with van der Waals surface area (Å²) in [6.45, 7) is 10.5. The van der Waals surface area contributed by atoms with Gasteiger partial charge in [0.15, 0.2) is 0 Å². The van der Waals surface area contributed by atoms with E-state index in [1.165, 1.54) is 23.1 Å². The third-order valence-electron chi connectivity index (χ3n) is 10.9. The monoisotopic (exact) mass is 615 g/mol. The molecule has 1 spiro atoms. The molecular formula is C36H46FN5O3. The quantitative estimate of drug-likeness (QED) is 0.399. The highest BCUT2D eigenvalue weighted by Crippen LogP contribution is 2.50. The molecule has 2 amide bonds. The van der Waals surface area contributed by atoms with Crippen LogP contribution in [0.25, 0.3) is 16.6 Å². The molecule has 4 aliphatic rings. The molecule has 7 rings (SSSR count). The first-order chi connectivity index (χ1) is 21.5. The normalized spacial score (nSPS) is 22.2. The van der Waals surface area contributed by atoms with Gasteiger partial charge in [0.05, 0.1) is 23.0 Å². The van der Waals surface area contributed by atoms with Gasteiger partial charge in [0.25, 0.3) is 11.8 Å². The Morgan fingerprint density at radius 1 is 1.04 bits per heavy atom. The molecule has 0 bridgehead atoms. The smallest absolute Gasteiger partial charge is 0.256 e. The number of amides is 2. The van der Waals surface area contributed by atoms with Gasteiger partial charge in [-0.1, -0.05) is 0 Å². The Bertz CT molecular complexity index is 1610. The van der Waals surface area contributed by atoms with E-state index < -0.39 is 11.4 Å². The molecule has 1 atom stereocenters. The topological polar surface area (TPSA) is 81.9 Å². The van der Waals surface area contributed by atoms with Crippen LogP contribution >= 0.6 is 0 Å². The summed E-state index contributed by atoms with van der Waals surface area (Å²) in [5.41, 5.74) is 3.13. The van der Waals surface area contributed by atoms with Crippen molar-refractivity contribution in [2.75, 3.05) is 39.3 Å². The van der Waals surface area contributed by atoms with Gasteiger partial charge in [-0.15, -0.1) is 0 Å². The summed E-state index contributed by atoms with van der Waals surface area (Å²) in [6.07, 6.45) is 14.1. The number of halogens is 1. The lowest BCUT2D eigenvalue weighted by Crippen LogP contribution is -2.49. The van der Waals surface area contributed by atoms with Crippen molar-refractivity contribution < 1.29 is 19.1 Å². The van der Waals surface area contributed by atoms with Crippen molar-refractivity contribution >= 4 is 22.7 Å². The van der Waals surface area contributed by atoms with E-state index in [1.807, 2.05) is 22.2 Å². The number of piperidine rings is 1. The van der Waals surface area contributed by atoms with Crippen molar-refractivity contribution in [2.45, 2.75) is 83.3 Å². The van der Waals surface area contributed by atoms with Crippen molar-refractivity contribution in [1.82, 2.24) is 24.3 Å². The number of benzene rings is 1. The number of nitrogens with zero attached hydrogens (tertiary/aromatic N) is 5. The first-order valence-corrected chi connectivity index (χ1v) is 16.8. The van der Waals surface area contributed by atoms with Crippen LogP contribution < -0.4 is 0 Å². The molecule has 3 saturated heterocycles. The molecule has 8 nitrogen and oxygen atoms in total. The minimum absolute atomic E-state index is 0.0120. The predicted molar refractivity (Wildman–Crippen MR) is 172 cm³/mol. The second kappa shape index (κ2) is 11.5. The highest BCUT2D eigenvalue weighted by molar-refractivity contribution is 6.00. The third-order valence-corrected chi connectivity index (χ3v) is 10.9. The lowest BCUT2D eigenvalue weighted by Gasteiger charge is -2.36. The molecule has 2 aromatic heterocycles. The van der Waals surface area contributed by atoms with E-state index in [4.69, 9.17) is 0 Å². The van der Waals surface area contributed by atoms with E-state index in [9.17, 15) is 19.1 Å². The molecule has 3 aromatic rings. The Balaban J connectivity index is 1.08. The van der Waals surface area contributed by atoms with Crippen LogP contribution in [0.4, 0.5) is 4.39 Å². The molecule has 1 aromatic carbocycles. The van der Waals surface area contributed by atoms with Gasteiger partial charge in [-0.3, -0.25) is 14.6 Å². The number of hydrogen-bond donors (Lipinski definition) is 1. The summed E-state index contributed by atoms with van der Waals surface area (Å²) < 4.78 is 16.7. The molecule has 45 heavy (non-hydrogen) atoms. The lowest BCUT2D eigenvalue weighted by molar-refractivity contribution is -0.149. The Labute approximate surface area is 265 Å². The van der Waals surface area contributed by atoms with E-state index in [0.29, 0.717) is 30.5 Å². The van der Waals surface area contributed by atoms with Gasteiger partial charge in [0.2, 0.25) is 0 Å². The van der Waals surface area contributed by atoms with E-state index in [-0.39, 0.29) is 17.4 Å². The lowest BCUT2D eigenvalue weighted by atomic mass is 9.94. The molecular weight excluding hydrogens is 569 g/mol. The van der Waals surface area contributed by atoms with Crippen LogP contribution in [-0.2, 0) is 11.2 Å². The fraction of sp³-hybridized carbons (Fsp3) is 0.583. The molecule has 3 aliphatic heterocycles. The first kappa shape index (κ1) is 30.4. The van der Waals surface area contributed by atoms with Gasteiger partial charge >= 0.3 is 0 Å². The third kappa shape index (κ3) is 5.78. The highest BCUT2D eigenvalue weighted by atomic mass is 19.1. The number of likely N-dealkylation sites (tertiary alicyclic amines) is 3. The van der Waals surface area contributed by atoms with Crippen molar-refractivity contribution in [3.8, 4) is 5.69 Å². The molecule has 4 fully saturated rings. The minimum atomic E-state index is -1.31. The van der Waals surface area contributed by atoms with Gasteiger partial charge in [-0.2, -0.15) is 0 Å². The number of pyridine rings is 1. The number of rotatable bonds is 7. The van der Waals surface area contributed by atoms with E-state index in [0.717, 1.165) is 94.3 Å². The second-order valence-electron chi connectivity index (χ2n) is 14.7. The zero-order chi connectivity index (χ0) is 31.5. The van der Waals surface area contributed by atoms with E-state index in [1.54, 1.807) is 19.9 Å². The molecule has 0 unspecified atom stereocenters. The van der Waals surface area contributed by atoms with Crippen LogP contribution in [0.2, 0.25) is 0 Å². The van der Waals surface area contributed by atoms with Crippen molar-refractivity contribution in [3.05, 3.63) is 59.3 Å². The number of aliphatic hydroxyl groups is 1. The van der Waals surface area contributed by atoms with Gasteiger partial charge in [-0.25, -0.2) is 4.39 Å². The molecule has 240 valence electrons. The summed E-state index contributed by atoms with van der Waals surface area (Å²) in [5.74, 6) is 0.446. The highest BCUT2D eigenvalue weighted by Gasteiger charge is 2.53. The largest absolute Gasteiger partial charge is 0.381 e. The zero-order valence-electron chi connectivity index (χ0n) is 26.9. The van der Waals surface area contributed by atoms with Gasteiger partial charge in [0.1, 0.15) is 11.4 Å². The molecule has 5 heterocycles. The summed E-state index contributed by atoms with van der Waals surface area (Å²) in [7, 11) is 0. The van der Waals surface area contributed by atoms with Crippen LogP contribution in [0.5, 0.6) is 0 Å². The maximum atomic E-state index is 14.7.